The van der Waals surface area contributed by atoms with Crippen molar-refractivity contribution in [2.45, 2.75) is 31.6 Å². The highest BCUT2D eigenvalue weighted by atomic mass is 19.4. The fraction of sp³-hybridized carbons (Fsp3) is 0.294. The molecule has 0 heterocycles. The van der Waals surface area contributed by atoms with Gasteiger partial charge in [0.2, 0.25) is 0 Å². The highest BCUT2D eigenvalue weighted by Gasteiger charge is 2.33. The second-order valence-electron chi connectivity index (χ2n) is 5.78. The Labute approximate surface area is 129 Å². The maximum atomic E-state index is 12.6. The van der Waals surface area contributed by atoms with Gasteiger partial charge in [-0.2, -0.15) is 26.3 Å². The zero-order valence-corrected chi connectivity index (χ0v) is 12.4. The standard InChI is InChI=1S/C17H14F6/c1-15(2,11-3-7-13(8-4-11)16(18,19)20)12-5-9-14(10-6-12)17(21,22)23/h3-10H,1-2H3. The smallest absolute Gasteiger partial charge is 0.166 e. The van der Waals surface area contributed by atoms with E-state index in [0.29, 0.717) is 11.1 Å². The third-order valence-electron chi connectivity index (χ3n) is 3.87. The van der Waals surface area contributed by atoms with E-state index in [1.54, 1.807) is 13.8 Å². The highest BCUT2D eigenvalue weighted by molar-refractivity contribution is 5.40. The molecular weight excluding hydrogens is 318 g/mol. The van der Waals surface area contributed by atoms with Crippen molar-refractivity contribution in [1.82, 2.24) is 0 Å². The van der Waals surface area contributed by atoms with Crippen molar-refractivity contribution >= 4 is 0 Å². The first-order valence-electron chi connectivity index (χ1n) is 6.78. The van der Waals surface area contributed by atoms with Gasteiger partial charge in [0.15, 0.2) is 0 Å². The zero-order valence-electron chi connectivity index (χ0n) is 12.4. The third-order valence-corrected chi connectivity index (χ3v) is 3.87. The van der Waals surface area contributed by atoms with Crippen LogP contribution in [0.3, 0.4) is 0 Å². The second-order valence-corrected chi connectivity index (χ2v) is 5.78. The molecule has 0 saturated carbocycles. The van der Waals surface area contributed by atoms with Crippen molar-refractivity contribution in [2.75, 3.05) is 0 Å². The summed E-state index contributed by atoms with van der Waals surface area (Å²) in [7, 11) is 0. The van der Waals surface area contributed by atoms with Crippen molar-refractivity contribution in [3.05, 3.63) is 70.8 Å². The van der Waals surface area contributed by atoms with Gasteiger partial charge in [0.05, 0.1) is 11.1 Å². The van der Waals surface area contributed by atoms with Crippen LogP contribution in [-0.4, -0.2) is 0 Å². The van der Waals surface area contributed by atoms with Gasteiger partial charge >= 0.3 is 12.4 Å². The van der Waals surface area contributed by atoms with E-state index in [1.165, 1.54) is 24.3 Å². The number of rotatable bonds is 2. The summed E-state index contributed by atoms with van der Waals surface area (Å²) in [6.45, 7) is 3.50. The van der Waals surface area contributed by atoms with E-state index in [-0.39, 0.29) is 0 Å². The first-order chi connectivity index (χ1) is 10.4. The normalized spacial score (nSPS) is 13.2. The summed E-state index contributed by atoms with van der Waals surface area (Å²) >= 11 is 0. The lowest BCUT2D eigenvalue weighted by Crippen LogP contribution is -2.19. The van der Waals surface area contributed by atoms with E-state index in [0.717, 1.165) is 24.3 Å². The average Bonchev–Trinajstić information content (AvgIpc) is 2.46. The Morgan fingerprint density at radius 1 is 0.478 bits per heavy atom. The molecule has 0 unspecified atom stereocenters. The summed E-state index contributed by atoms with van der Waals surface area (Å²) in [5, 5.41) is 0. The maximum absolute atomic E-state index is 12.6. The van der Waals surface area contributed by atoms with E-state index in [2.05, 4.69) is 0 Å². The first kappa shape index (κ1) is 17.4. The van der Waals surface area contributed by atoms with Crippen LogP contribution >= 0.6 is 0 Å². The molecule has 6 heteroatoms. The van der Waals surface area contributed by atoms with Crippen LogP contribution in [0.15, 0.2) is 48.5 Å². The quantitative estimate of drug-likeness (QED) is 0.587. The Bertz CT molecular complexity index is 601. The number of hydrogen-bond donors (Lipinski definition) is 0. The van der Waals surface area contributed by atoms with Crippen LogP contribution in [0.4, 0.5) is 26.3 Å². The lowest BCUT2D eigenvalue weighted by Gasteiger charge is -2.27. The molecule has 0 atom stereocenters. The van der Waals surface area contributed by atoms with E-state index in [4.69, 9.17) is 0 Å². The van der Waals surface area contributed by atoms with Crippen LogP contribution in [0, 0.1) is 0 Å². The number of benzene rings is 2. The van der Waals surface area contributed by atoms with Crippen LogP contribution in [-0.2, 0) is 17.8 Å². The van der Waals surface area contributed by atoms with Crippen molar-refractivity contribution in [1.29, 1.82) is 0 Å². The Morgan fingerprint density at radius 2 is 0.696 bits per heavy atom. The maximum Gasteiger partial charge on any atom is 0.416 e. The summed E-state index contributed by atoms with van der Waals surface area (Å²) in [6.07, 6.45) is -8.84. The van der Waals surface area contributed by atoms with Gasteiger partial charge < -0.3 is 0 Å². The molecule has 2 rings (SSSR count). The van der Waals surface area contributed by atoms with Gasteiger partial charge in [-0.25, -0.2) is 0 Å². The second kappa shape index (κ2) is 5.58. The van der Waals surface area contributed by atoms with E-state index in [1.807, 2.05) is 0 Å². The molecule has 124 valence electrons. The number of halogens is 6. The summed E-state index contributed by atoms with van der Waals surface area (Å²) < 4.78 is 75.5. The van der Waals surface area contributed by atoms with Gasteiger partial charge in [0.1, 0.15) is 0 Å². The lowest BCUT2D eigenvalue weighted by molar-refractivity contribution is -0.138. The third kappa shape index (κ3) is 3.68. The van der Waals surface area contributed by atoms with E-state index < -0.39 is 28.9 Å². The molecule has 0 fully saturated rings. The molecule has 0 bridgehead atoms. The minimum atomic E-state index is -4.42. The van der Waals surface area contributed by atoms with Crippen LogP contribution in [0.2, 0.25) is 0 Å². The number of hydrogen-bond acceptors (Lipinski definition) is 0. The Balaban J connectivity index is 2.34. The van der Waals surface area contributed by atoms with Gasteiger partial charge in [0.25, 0.3) is 0 Å². The van der Waals surface area contributed by atoms with Crippen LogP contribution in [0.25, 0.3) is 0 Å². The lowest BCUT2D eigenvalue weighted by atomic mass is 9.78. The summed E-state index contributed by atoms with van der Waals surface area (Å²) in [6, 6.07) is 9.28. The van der Waals surface area contributed by atoms with Crippen LogP contribution < -0.4 is 0 Å². The molecule has 0 aliphatic heterocycles. The molecule has 23 heavy (non-hydrogen) atoms. The van der Waals surface area contributed by atoms with Gasteiger partial charge in [0, 0.05) is 5.41 Å². The summed E-state index contributed by atoms with van der Waals surface area (Å²) in [5.74, 6) is 0. The molecule has 2 aromatic carbocycles. The van der Waals surface area contributed by atoms with Crippen LogP contribution in [0.5, 0.6) is 0 Å². The molecule has 0 aliphatic carbocycles. The van der Waals surface area contributed by atoms with E-state index >= 15 is 0 Å². The molecule has 2 aromatic rings. The Morgan fingerprint density at radius 3 is 0.913 bits per heavy atom. The number of alkyl halides is 6. The molecule has 0 N–H and O–H groups in total. The largest absolute Gasteiger partial charge is 0.416 e. The van der Waals surface area contributed by atoms with Crippen molar-refractivity contribution in [3.63, 3.8) is 0 Å². The molecule has 0 aliphatic rings. The van der Waals surface area contributed by atoms with Crippen molar-refractivity contribution in [3.8, 4) is 0 Å². The van der Waals surface area contributed by atoms with Crippen LogP contribution in [0.1, 0.15) is 36.1 Å². The highest BCUT2D eigenvalue weighted by Crippen LogP contribution is 2.36. The van der Waals surface area contributed by atoms with Gasteiger partial charge in [-0.05, 0) is 35.4 Å². The summed E-state index contributed by atoms with van der Waals surface area (Å²) in [4.78, 5) is 0. The topological polar surface area (TPSA) is 0 Å². The fourth-order valence-corrected chi connectivity index (χ4v) is 2.32. The molecule has 0 amide bonds. The molecule has 0 spiro atoms. The molecular formula is C17H14F6. The predicted octanol–water partition coefficient (Wildman–Crippen LogP) is 6.05. The molecule has 0 saturated heterocycles. The monoisotopic (exact) mass is 332 g/mol. The zero-order chi connectivity index (χ0) is 17.5. The van der Waals surface area contributed by atoms with Crippen molar-refractivity contribution in [2.24, 2.45) is 0 Å². The van der Waals surface area contributed by atoms with E-state index in [9.17, 15) is 26.3 Å². The summed E-state index contributed by atoms with van der Waals surface area (Å²) in [5.41, 5.74) is -1.06. The first-order valence-corrected chi connectivity index (χ1v) is 6.78. The van der Waals surface area contributed by atoms with Crippen molar-refractivity contribution < 1.29 is 26.3 Å². The minimum Gasteiger partial charge on any atom is -0.166 e. The molecule has 0 radical (unpaired) electrons. The molecule has 0 aromatic heterocycles. The Hall–Kier alpha value is -1.98. The molecule has 0 nitrogen and oxygen atoms in total. The van der Waals surface area contributed by atoms with Gasteiger partial charge in [-0.15, -0.1) is 0 Å². The van der Waals surface area contributed by atoms with Gasteiger partial charge in [-0.1, -0.05) is 38.1 Å². The SMILES string of the molecule is CC(C)(c1ccc(C(F)(F)F)cc1)c1ccc(C(F)(F)F)cc1. The minimum absolute atomic E-state index is 0.588. The predicted molar refractivity (Wildman–Crippen MR) is 75.0 cm³/mol. The average molecular weight is 332 g/mol. The van der Waals surface area contributed by atoms with Gasteiger partial charge in [-0.3, -0.25) is 0 Å². The Kier molecular flexibility index (Phi) is 4.22. The fourth-order valence-electron chi connectivity index (χ4n) is 2.32.